The third-order valence-electron chi connectivity index (χ3n) is 4.93. The quantitative estimate of drug-likeness (QED) is 0.778. The molecule has 2 rings (SSSR count). The van der Waals surface area contributed by atoms with E-state index in [1.165, 1.54) is 11.5 Å². The average molecular weight is 256 g/mol. The monoisotopic (exact) mass is 256 g/mol. The van der Waals surface area contributed by atoms with Crippen molar-refractivity contribution in [2.45, 2.75) is 40.0 Å². The molecule has 2 bridgehead atoms. The zero-order valence-electron chi connectivity index (χ0n) is 10.7. The first-order valence-electron chi connectivity index (χ1n) is 6.14. The van der Waals surface area contributed by atoms with Crippen molar-refractivity contribution in [3.63, 3.8) is 0 Å². The Bertz CT molecular complexity index is 473. The number of hydrogen-bond acceptors (Lipinski definition) is 3. The van der Waals surface area contributed by atoms with Crippen LogP contribution in [0.2, 0.25) is 0 Å². The molecule has 3 nitrogen and oxygen atoms in total. The van der Waals surface area contributed by atoms with Crippen molar-refractivity contribution in [3.05, 3.63) is 11.5 Å². The lowest BCUT2D eigenvalue weighted by molar-refractivity contribution is -0.128. The van der Waals surface area contributed by atoms with E-state index in [1.54, 1.807) is 6.92 Å². The maximum absolute atomic E-state index is 12.2. The Kier molecular flexibility index (Phi) is 2.77. The molecule has 0 aromatic rings. The van der Waals surface area contributed by atoms with Crippen molar-refractivity contribution in [3.8, 4) is 0 Å². The Morgan fingerprint density at radius 2 is 2.06 bits per heavy atom. The first-order valence-corrected chi connectivity index (χ1v) is 7.85. The van der Waals surface area contributed by atoms with E-state index >= 15 is 0 Å². The number of fused-ring (bicyclic) bond motifs is 2. The summed E-state index contributed by atoms with van der Waals surface area (Å²) in [6.07, 6.45) is 3.83. The molecule has 96 valence electrons. The number of ketones is 1. The van der Waals surface area contributed by atoms with Gasteiger partial charge in [0.25, 0.3) is 0 Å². The minimum atomic E-state index is -3.26. The average Bonchev–Trinajstić information content (AvgIpc) is 2.50. The van der Waals surface area contributed by atoms with Gasteiger partial charge in [0.05, 0.1) is 5.75 Å². The molecule has 0 aromatic carbocycles. The predicted molar refractivity (Wildman–Crippen MR) is 67.2 cm³/mol. The molecule has 0 heterocycles. The van der Waals surface area contributed by atoms with Crippen molar-refractivity contribution in [2.24, 2.45) is 16.7 Å². The second-order valence-corrected chi connectivity index (χ2v) is 7.83. The van der Waals surface area contributed by atoms with Crippen molar-refractivity contribution in [1.29, 1.82) is 0 Å². The molecule has 2 aliphatic carbocycles. The molecule has 0 amide bonds. The summed E-state index contributed by atoms with van der Waals surface area (Å²) in [6, 6.07) is 0. The Labute approximate surface area is 103 Å². The molecule has 0 spiro atoms. The highest BCUT2D eigenvalue weighted by Crippen LogP contribution is 2.64. The van der Waals surface area contributed by atoms with Crippen LogP contribution in [0.5, 0.6) is 0 Å². The van der Waals surface area contributed by atoms with Crippen LogP contribution in [0.4, 0.5) is 0 Å². The van der Waals surface area contributed by atoms with Crippen LogP contribution in [-0.4, -0.2) is 20.0 Å². The van der Waals surface area contributed by atoms with Crippen LogP contribution in [-0.2, 0) is 14.6 Å². The van der Waals surface area contributed by atoms with Gasteiger partial charge in [0.15, 0.2) is 9.84 Å². The van der Waals surface area contributed by atoms with Gasteiger partial charge in [0.2, 0.25) is 0 Å². The second-order valence-electron chi connectivity index (χ2n) is 5.94. The molecule has 0 N–H and O–H groups in total. The zero-order valence-corrected chi connectivity index (χ0v) is 11.5. The summed E-state index contributed by atoms with van der Waals surface area (Å²) in [5, 5.41) is 1.23. The van der Waals surface area contributed by atoms with Crippen LogP contribution in [0.15, 0.2) is 11.5 Å². The third kappa shape index (κ3) is 1.68. The summed E-state index contributed by atoms with van der Waals surface area (Å²) in [4.78, 5) is 12.2. The number of sulfone groups is 1. The van der Waals surface area contributed by atoms with Gasteiger partial charge in [-0.15, -0.1) is 0 Å². The molecule has 2 fully saturated rings. The summed E-state index contributed by atoms with van der Waals surface area (Å²) >= 11 is 0. The molecule has 0 radical (unpaired) electrons. The van der Waals surface area contributed by atoms with E-state index in [2.05, 4.69) is 13.8 Å². The van der Waals surface area contributed by atoms with Crippen LogP contribution in [0.25, 0.3) is 0 Å². The standard InChI is InChI=1S/C13H20O3S/c1-4-7-17(15,16)9-13-6-5-10(8-11(13)14)12(13,2)3/h4,7,10H,5-6,8-9H2,1-3H3/b7-4+/t10-,13-/m1/s1. The lowest BCUT2D eigenvalue weighted by Gasteiger charge is -2.35. The van der Waals surface area contributed by atoms with Gasteiger partial charge in [0.1, 0.15) is 5.78 Å². The lowest BCUT2D eigenvalue weighted by atomic mass is 9.70. The molecule has 2 aliphatic rings. The van der Waals surface area contributed by atoms with E-state index in [0.29, 0.717) is 12.3 Å². The van der Waals surface area contributed by atoms with Gasteiger partial charge in [0, 0.05) is 17.2 Å². The van der Waals surface area contributed by atoms with Crippen molar-refractivity contribution >= 4 is 15.6 Å². The van der Waals surface area contributed by atoms with Crippen LogP contribution >= 0.6 is 0 Å². The first-order chi connectivity index (χ1) is 7.75. The molecule has 0 unspecified atom stereocenters. The number of hydrogen-bond donors (Lipinski definition) is 0. The Morgan fingerprint density at radius 3 is 2.47 bits per heavy atom. The van der Waals surface area contributed by atoms with Crippen LogP contribution in [0.1, 0.15) is 40.0 Å². The fourth-order valence-corrected chi connectivity index (χ4v) is 5.58. The van der Waals surface area contributed by atoms with Crippen LogP contribution in [0, 0.1) is 16.7 Å². The third-order valence-corrected chi connectivity index (χ3v) is 6.51. The molecular formula is C13H20O3S. The highest BCUT2D eigenvalue weighted by molar-refractivity contribution is 7.94. The highest BCUT2D eigenvalue weighted by Gasteiger charge is 2.65. The molecule has 0 saturated heterocycles. The summed E-state index contributed by atoms with van der Waals surface area (Å²) in [6.45, 7) is 5.80. The number of rotatable bonds is 3. The van der Waals surface area contributed by atoms with Gasteiger partial charge in [-0.05, 0) is 31.1 Å². The first kappa shape index (κ1) is 12.8. The topological polar surface area (TPSA) is 51.2 Å². The van der Waals surface area contributed by atoms with Gasteiger partial charge in [-0.1, -0.05) is 19.9 Å². The highest BCUT2D eigenvalue weighted by atomic mass is 32.2. The van der Waals surface area contributed by atoms with Gasteiger partial charge in [-0.2, -0.15) is 0 Å². The molecule has 17 heavy (non-hydrogen) atoms. The molecule has 0 aromatic heterocycles. The molecule has 2 saturated carbocycles. The number of allylic oxidation sites excluding steroid dienone is 1. The number of Topliss-reactive ketones (excluding diaryl/α,β-unsaturated/α-hetero) is 1. The Balaban J connectivity index is 2.39. The van der Waals surface area contributed by atoms with Crippen LogP contribution in [0.3, 0.4) is 0 Å². The normalized spacial score (nSPS) is 35.9. The summed E-state index contributed by atoms with van der Waals surface area (Å²) in [5.41, 5.74) is -0.797. The van der Waals surface area contributed by atoms with E-state index in [-0.39, 0.29) is 17.0 Å². The SMILES string of the molecule is C/C=C/S(=O)(=O)C[C@]12CC[C@H](CC1=O)C2(C)C. The van der Waals surface area contributed by atoms with Gasteiger partial charge in [-0.3, -0.25) is 4.79 Å². The van der Waals surface area contributed by atoms with E-state index < -0.39 is 15.3 Å². The second kappa shape index (κ2) is 3.67. The number of carbonyl (C=O) groups excluding carboxylic acids is 1. The smallest absolute Gasteiger partial charge is 0.172 e. The maximum atomic E-state index is 12.2. The summed E-state index contributed by atoms with van der Waals surface area (Å²) < 4.78 is 23.9. The predicted octanol–water partition coefficient (Wildman–Crippen LogP) is 2.33. The largest absolute Gasteiger partial charge is 0.299 e. The minimum Gasteiger partial charge on any atom is -0.299 e. The van der Waals surface area contributed by atoms with Crippen LogP contribution < -0.4 is 0 Å². The van der Waals surface area contributed by atoms with E-state index in [0.717, 1.165) is 12.8 Å². The molecule has 2 atom stereocenters. The molecule has 4 heteroatoms. The van der Waals surface area contributed by atoms with Gasteiger partial charge >= 0.3 is 0 Å². The van der Waals surface area contributed by atoms with Gasteiger partial charge in [-0.25, -0.2) is 8.42 Å². The van der Waals surface area contributed by atoms with Crippen molar-refractivity contribution < 1.29 is 13.2 Å². The van der Waals surface area contributed by atoms with Crippen molar-refractivity contribution in [2.75, 3.05) is 5.75 Å². The Morgan fingerprint density at radius 1 is 1.41 bits per heavy atom. The van der Waals surface area contributed by atoms with E-state index in [4.69, 9.17) is 0 Å². The molecular weight excluding hydrogens is 236 g/mol. The summed E-state index contributed by atoms with van der Waals surface area (Å²) in [5.74, 6) is 0.523. The fourth-order valence-electron chi connectivity index (χ4n) is 3.71. The van der Waals surface area contributed by atoms with Gasteiger partial charge < -0.3 is 0 Å². The van der Waals surface area contributed by atoms with E-state index in [1.807, 2.05) is 0 Å². The molecule has 0 aliphatic heterocycles. The van der Waals surface area contributed by atoms with E-state index in [9.17, 15) is 13.2 Å². The fraction of sp³-hybridized carbons (Fsp3) is 0.769. The minimum absolute atomic E-state index is 0.00727. The van der Waals surface area contributed by atoms with Crippen molar-refractivity contribution in [1.82, 2.24) is 0 Å². The number of carbonyl (C=O) groups is 1. The Hall–Kier alpha value is -0.640. The zero-order chi connectivity index (χ0) is 12.9. The maximum Gasteiger partial charge on any atom is 0.172 e. The lowest BCUT2D eigenvalue weighted by Crippen LogP contribution is -2.41. The summed E-state index contributed by atoms with van der Waals surface area (Å²) in [7, 11) is -3.26.